The molecule has 0 saturated carbocycles. The molecule has 76 valence electrons. The van der Waals surface area contributed by atoms with Gasteiger partial charge in [-0.05, 0) is 25.7 Å². The molecule has 1 saturated heterocycles. The summed E-state index contributed by atoms with van der Waals surface area (Å²) in [6.07, 6.45) is 6.54. The molecule has 0 aromatic heterocycles. The number of hydrogen-bond acceptors (Lipinski definition) is 2. The predicted molar refractivity (Wildman–Crippen MR) is 53.5 cm³/mol. The first kappa shape index (κ1) is 10.7. The highest BCUT2D eigenvalue weighted by Gasteiger charge is 2.28. The molecular formula is C11H20O2. The molecule has 2 heteroatoms. The van der Waals surface area contributed by atoms with Crippen LogP contribution >= 0.6 is 0 Å². The fourth-order valence-corrected chi connectivity index (χ4v) is 1.30. The van der Waals surface area contributed by atoms with Gasteiger partial charge in [-0.15, -0.1) is 0 Å². The summed E-state index contributed by atoms with van der Waals surface area (Å²) in [6.45, 7) is 7.72. The zero-order valence-electron chi connectivity index (χ0n) is 8.88. The molecule has 0 spiro atoms. The molecule has 0 aromatic rings. The summed E-state index contributed by atoms with van der Waals surface area (Å²) in [5, 5.41) is 0. The van der Waals surface area contributed by atoms with Crippen LogP contribution in [0.4, 0.5) is 0 Å². The second kappa shape index (κ2) is 4.77. The predicted octanol–water partition coefficient (Wildman–Crippen LogP) is 2.74. The normalized spacial score (nSPS) is 29.2. The third kappa shape index (κ3) is 3.92. The van der Waals surface area contributed by atoms with Crippen LogP contribution in [-0.4, -0.2) is 19.0 Å². The molecule has 1 heterocycles. The minimum atomic E-state index is -0.0759. The van der Waals surface area contributed by atoms with Crippen LogP contribution in [0.25, 0.3) is 0 Å². The van der Waals surface area contributed by atoms with E-state index in [9.17, 15) is 0 Å². The maximum absolute atomic E-state index is 5.47. The molecule has 1 aliphatic rings. The van der Waals surface area contributed by atoms with E-state index in [1.165, 1.54) is 0 Å². The molecule has 13 heavy (non-hydrogen) atoms. The van der Waals surface area contributed by atoms with Crippen molar-refractivity contribution in [1.29, 1.82) is 0 Å². The number of allylic oxidation sites excluding steroid dienone is 1. The van der Waals surface area contributed by atoms with E-state index in [1.807, 2.05) is 0 Å². The molecule has 0 radical (unpaired) electrons. The molecule has 1 rings (SSSR count). The molecule has 0 aromatic carbocycles. The van der Waals surface area contributed by atoms with Crippen LogP contribution in [0.2, 0.25) is 0 Å². The lowest BCUT2D eigenvalue weighted by atomic mass is 10.0. The minimum absolute atomic E-state index is 0.0759. The van der Waals surface area contributed by atoms with Gasteiger partial charge in [0.05, 0.1) is 12.2 Å². The second-order valence-electron chi connectivity index (χ2n) is 4.37. The Kier molecular flexibility index (Phi) is 3.94. The molecule has 1 fully saturated rings. The summed E-state index contributed by atoms with van der Waals surface area (Å²) in [6, 6.07) is 0. The SMILES string of the molecule is CC(C)C/C=C\CC1(C)COCO1. The van der Waals surface area contributed by atoms with Gasteiger partial charge in [-0.3, -0.25) is 0 Å². The Morgan fingerprint density at radius 1 is 1.38 bits per heavy atom. The first-order valence-electron chi connectivity index (χ1n) is 4.99. The van der Waals surface area contributed by atoms with Crippen LogP contribution in [0.1, 0.15) is 33.6 Å². The lowest BCUT2D eigenvalue weighted by molar-refractivity contribution is 0.00384. The highest BCUT2D eigenvalue weighted by molar-refractivity contribution is 4.91. The van der Waals surface area contributed by atoms with Crippen molar-refractivity contribution in [3.05, 3.63) is 12.2 Å². The molecule has 1 unspecified atom stereocenters. The molecule has 1 atom stereocenters. The van der Waals surface area contributed by atoms with Crippen molar-refractivity contribution >= 4 is 0 Å². The van der Waals surface area contributed by atoms with Gasteiger partial charge in [0, 0.05) is 0 Å². The van der Waals surface area contributed by atoms with Gasteiger partial charge >= 0.3 is 0 Å². The van der Waals surface area contributed by atoms with Gasteiger partial charge < -0.3 is 9.47 Å². The van der Waals surface area contributed by atoms with Gasteiger partial charge in [0.25, 0.3) is 0 Å². The van der Waals surface area contributed by atoms with E-state index < -0.39 is 0 Å². The smallest absolute Gasteiger partial charge is 0.147 e. The van der Waals surface area contributed by atoms with Gasteiger partial charge in [-0.2, -0.15) is 0 Å². The maximum atomic E-state index is 5.47. The van der Waals surface area contributed by atoms with Crippen molar-refractivity contribution < 1.29 is 9.47 Å². The van der Waals surface area contributed by atoms with Gasteiger partial charge in [0.2, 0.25) is 0 Å². The quantitative estimate of drug-likeness (QED) is 0.625. The molecule has 0 aliphatic carbocycles. The van der Waals surface area contributed by atoms with E-state index >= 15 is 0 Å². The molecule has 0 bridgehead atoms. The largest absolute Gasteiger partial charge is 0.352 e. The Bertz CT molecular complexity index is 167. The fraction of sp³-hybridized carbons (Fsp3) is 0.818. The van der Waals surface area contributed by atoms with Crippen LogP contribution in [0.5, 0.6) is 0 Å². The number of ether oxygens (including phenoxy) is 2. The third-order valence-corrected chi connectivity index (χ3v) is 2.22. The molecular weight excluding hydrogens is 164 g/mol. The second-order valence-corrected chi connectivity index (χ2v) is 4.37. The Morgan fingerprint density at radius 3 is 2.69 bits per heavy atom. The Morgan fingerprint density at radius 2 is 2.15 bits per heavy atom. The summed E-state index contributed by atoms with van der Waals surface area (Å²) in [4.78, 5) is 0. The third-order valence-electron chi connectivity index (χ3n) is 2.22. The Balaban J connectivity index is 2.20. The lowest BCUT2D eigenvalue weighted by Gasteiger charge is -2.18. The van der Waals surface area contributed by atoms with E-state index in [2.05, 4.69) is 32.9 Å². The van der Waals surface area contributed by atoms with Gasteiger partial charge in [0.15, 0.2) is 0 Å². The summed E-state index contributed by atoms with van der Waals surface area (Å²) in [5.41, 5.74) is -0.0759. The monoisotopic (exact) mass is 184 g/mol. The zero-order valence-corrected chi connectivity index (χ0v) is 8.88. The van der Waals surface area contributed by atoms with Crippen molar-refractivity contribution in [1.82, 2.24) is 0 Å². The molecule has 2 nitrogen and oxygen atoms in total. The highest BCUT2D eigenvalue weighted by atomic mass is 16.7. The van der Waals surface area contributed by atoms with E-state index in [0.717, 1.165) is 25.4 Å². The zero-order chi connectivity index (χ0) is 9.73. The van der Waals surface area contributed by atoms with E-state index in [4.69, 9.17) is 9.47 Å². The van der Waals surface area contributed by atoms with Crippen LogP contribution in [-0.2, 0) is 9.47 Å². The first-order valence-corrected chi connectivity index (χ1v) is 4.99. The fourth-order valence-electron chi connectivity index (χ4n) is 1.30. The number of rotatable bonds is 4. The molecule has 0 amide bonds. The highest BCUT2D eigenvalue weighted by Crippen LogP contribution is 2.22. The summed E-state index contributed by atoms with van der Waals surface area (Å²) in [7, 11) is 0. The average Bonchev–Trinajstić information content (AvgIpc) is 2.47. The van der Waals surface area contributed by atoms with Crippen molar-refractivity contribution in [2.45, 2.75) is 39.2 Å². The van der Waals surface area contributed by atoms with Crippen LogP contribution < -0.4 is 0 Å². The van der Waals surface area contributed by atoms with E-state index in [0.29, 0.717) is 6.79 Å². The Labute approximate surface area is 80.9 Å². The van der Waals surface area contributed by atoms with Crippen molar-refractivity contribution in [2.75, 3.05) is 13.4 Å². The maximum Gasteiger partial charge on any atom is 0.147 e. The van der Waals surface area contributed by atoms with Gasteiger partial charge in [0.1, 0.15) is 6.79 Å². The standard InChI is InChI=1S/C11H20O2/c1-10(2)6-4-5-7-11(3)8-12-9-13-11/h4-5,10H,6-9H2,1-3H3/b5-4-. The van der Waals surface area contributed by atoms with Gasteiger partial charge in [-0.25, -0.2) is 0 Å². The summed E-state index contributed by atoms with van der Waals surface area (Å²) in [5.74, 6) is 0.741. The average molecular weight is 184 g/mol. The van der Waals surface area contributed by atoms with E-state index in [-0.39, 0.29) is 5.60 Å². The molecule has 1 aliphatic heterocycles. The van der Waals surface area contributed by atoms with Crippen molar-refractivity contribution in [2.24, 2.45) is 5.92 Å². The number of hydrogen-bond donors (Lipinski definition) is 0. The first-order chi connectivity index (χ1) is 6.12. The van der Waals surface area contributed by atoms with E-state index in [1.54, 1.807) is 0 Å². The molecule has 0 N–H and O–H groups in total. The van der Waals surface area contributed by atoms with Crippen molar-refractivity contribution in [3.8, 4) is 0 Å². The van der Waals surface area contributed by atoms with Crippen LogP contribution in [0.3, 0.4) is 0 Å². The summed E-state index contributed by atoms with van der Waals surface area (Å²) >= 11 is 0. The minimum Gasteiger partial charge on any atom is -0.352 e. The van der Waals surface area contributed by atoms with Crippen LogP contribution in [0.15, 0.2) is 12.2 Å². The Hall–Kier alpha value is -0.340. The van der Waals surface area contributed by atoms with Gasteiger partial charge in [-0.1, -0.05) is 26.0 Å². The van der Waals surface area contributed by atoms with Crippen LogP contribution in [0, 0.1) is 5.92 Å². The lowest BCUT2D eigenvalue weighted by Crippen LogP contribution is -2.25. The summed E-state index contributed by atoms with van der Waals surface area (Å²) < 4.78 is 10.7. The topological polar surface area (TPSA) is 18.5 Å². The van der Waals surface area contributed by atoms with Crippen molar-refractivity contribution in [3.63, 3.8) is 0 Å².